The summed E-state index contributed by atoms with van der Waals surface area (Å²) >= 11 is 0. The SMILES string of the molecule is CCc1nn(C)cc1CNC(=O)C1(C(C)C)CCNC1. The third-order valence-corrected chi connectivity index (χ3v) is 4.51. The molecular weight excluding hydrogens is 252 g/mol. The number of aryl methyl sites for hydroxylation is 2. The molecule has 2 heterocycles. The maximum atomic E-state index is 12.6. The smallest absolute Gasteiger partial charge is 0.228 e. The van der Waals surface area contributed by atoms with Crippen molar-refractivity contribution in [3.63, 3.8) is 0 Å². The molecule has 1 aliphatic heterocycles. The van der Waals surface area contributed by atoms with Crippen LogP contribution in [-0.4, -0.2) is 28.8 Å². The molecule has 1 amide bonds. The molecule has 5 heteroatoms. The molecule has 0 aliphatic carbocycles. The second-order valence-electron chi connectivity index (χ2n) is 6.05. The van der Waals surface area contributed by atoms with Crippen LogP contribution in [-0.2, 0) is 24.8 Å². The number of aromatic nitrogens is 2. The largest absolute Gasteiger partial charge is 0.351 e. The molecule has 1 saturated heterocycles. The summed E-state index contributed by atoms with van der Waals surface area (Å²) in [5.41, 5.74) is 1.93. The van der Waals surface area contributed by atoms with E-state index in [0.29, 0.717) is 12.5 Å². The Morgan fingerprint density at radius 1 is 1.60 bits per heavy atom. The summed E-state index contributed by atoms with van der Waals surface area (Å²) in [6, 6.07) is 0. The van der Waals surface area contributed by atoms with Crippen LogP contribution in [0.3, 0.4) is 0 Å². The second kappa shape index (κ2) is 5.95. The molecule has 1 atom stereocenters. The third kappa shape index (κ3) is 2.73. The van der Waals surface area contributed by atoms with E-state index < -0.39 is 0 Å². The molecule has 1 aromatic heterocycles. The van der Waals surface area contributed by atoms with E-state index in [9.17, 15) is 4.79 Å². The summed E-state index contributed by atoms with van der Waals surface area (Å²) < 4.78 is 1.82. The lowest BCUT2D eigenvalue weighted by molar-refractivity contribution is -0.132. The van der Waals surface area contributed by atoms with Crippen LogP contribution >= 0.6 is 0 Å². The van der Waals surface area contributed by atoms with Gasteiger partial charge in [-0.3, -0.25) is 9.48 Å². The molecule has 1 unspecified atom stereocenters. The Morgan fingerprint density at radius 3 is 2.90 bits per heavy atom. The highest BCUT2D eigenvalue weighted by molar-refractivity contribution is 5.83. The number of carbonyl (C=O) groups is 1. The quantitative estimate of drug-likeness (QED) is 0.852. The minimum Gasteiger partial charge on any atom is -0.351 e. The number of nitrogens with zero attached hydrogens (tertiary/aromatic N) is 2. The molecule has 1 fully saturated rings. The van der Waals surface area contributed by atoms with Gasteiger partial charge in [-0.25, -0.2) is 0 Å². The molecule has 5 nitrogen and oxygen atoms in total. The first kappa shape index (κ1) is 15.0. The van der Waals surface area contributed by atoms with Gasteiger partial charge in [0, 0.05) is 31.9 Å². The fourth-order valence-electron chi connectivity index (χ4n) is 3.04. The average Bonchev–Trinajstić information content (AvgIpc) is 3.02. The number of nitrogens with one attached hydrogen (secondary N) is 2. The molecule has 0 spiro atoms. The van der Waals surface area contributed by atoms with Crippen molar-refractivity contribution in [2.24, 2.45) is 18.4 Å². The Labute approximate surface area is 121 Å². The van der Waals surface area contributed by atoms with E-state index in [1.807, 2.05) is 17.9 Å². The van der Waals surface area contributed by atoms with Gasteiger partial charge in [0.05, 0.1) is 11.1 Å². The maximum absolute atomic E-state index is 12.6. The fraction of sp³-hybridized carbons (Fsp3) is 0.733. The molecule has 0 saturated carbocycles. The number of hydrogen-bond donors (Lipinski definition) is 2. The van der Waals surface area contributed by atoms with E-state index in [1.165, 1.54) is 0 Å². The van der Waals surface area contributed by atoms with Crippen LogP contribution in [0.4, 0.5) is 0 Å². The van der Waals surface area contributed by atoms with Crippen molar-refractivity contribution in [3.8, 4) is 0 Å². The van der Waals surface area contributed by atoms with Crippen molar-refractivity contribution in [2.75, 3.05) is 13.1 Å². The monoisotopic (exact) mass is 278 g/mol. The Bertz CT molecular complexity index is 472. The van der Waals surface area contributed by atoms with E-state index in [2.05, 4.69) is 36.5 Å². The van der Waals surface area contributed by atoms with Crippen LogP contribution in [0, 0.1) is 11.3 Å². The number of hydrogen-bond acceptors (Lipinski definition) is 3. The molecule has 2 rings (SSSR count). The van der Waals surface area contributed by atoms with Gasteiger partial charge in [-0.2, -0.15) is 5.10 Å². The molecule has 1 aromatic rings. The molecular formula is C15H26N4O. The van der Waals surface area contributed by atoms with Gasteiger partial charge in [-0.15, -0.1) is 0 Å². The number of amides is 1. The molecule has 0 aromatic carbocycles. The average molecular weight is 278 g/mol. The van der Waals surface area contributed by atoms with E-state index in [1.54, 1.807) is 0 Å². The summed E-state index contributed by atoms with van der Waals surface area (Å²) in [5, 5.41) is 10.9. The van der Waals surface area contributed by atoms with Crippen molar-refractivity contribution >= 4 is 5.91 Å². The van der Waals surface area contributed by atoms with Crippen LogP contribution in [0.5, 0.6) is 0 Å². The Balaban J connectivity index is 2.04. The van der Waals surface area contributed by atoms with Crippen LogP contribution < -0.4 is 10.6 Å². The van der Waals surface area contributed by atoms with Gasteiger partial charge in [0.2, 0.25) is 5.91 Å². The second-order valence-corrected chi connectivity index (χ2v) is 6.05. The lowest BCUT2D eigenvalue weighted by Crippen LogP contribution is -2.45. The van der Waals surface area contributed by atoms with Gasteiger partial charge in [0.1, 0.15) is 0 Å². The van der Waals surface area contributed by atoms with Gasteiger partial charge < -0.3 is 10.6 Å². The van der Waals surface area contributed by atoms with Crippen molar-refractivity contribution in [3.05, 3.63) is 17.5 Å². The summed E-state index contributed by atoms with van der Waals surface area (Å²) in [4.78, 5) is 12.6. The molecule has 1 aliphatic rings. The minimum absolute atomic E-state index is 0.170. The van der Waals surface area contributed by atoms with Crippen LogP contribution in [0.1, 0.15) is 38.4 Å². The van der Waals surface area contributed by atoms with E-state index in [0.717, 1.165) is 37.2 Å². The summed E-state index contributed by atoms with van der Waals surface area (Å²) in [6.07, 6.45) is 3.81. The predicted molar refractivity (Wildman–Crippen MR) is 79.2 cm³/mol. The predicted octanol–water partition coefficient (Wildman–Crippen LogP) is 1.23. The molecule has 20 heavy (non-hydrogen) atoms. The summed E-state index contributed by atoms with van der Waals surface area (Å²) in [7, 11) is 1.92. The van der Waals surface area contributed by atoms with Crippen molar-refractivity contribution < 1.29 is 4.79 Å². The normalized spacial score (nSPS) is 22.4. The third-order valence-electron chi connectivity index (χ3n) is 4.51. The highest BCUT2D eigenvalue weighted by Crippen LogP contribution is 2.34. The highest BCUT2D eigenvalue weighted by Gasteiger charge is 2.43. The lowest BCUT2D eigenvalue weighted by Gasteiger charge is -2.31. The highest BCUT2D eigenvalue weighted by atomic mass is 16.2. The Hall–Kier alpha value is -1.36. The topological polar surface area (TPSA) is 59.0 Å². The first-order chi connectivity index (χ1) is 9.49. The minimum atomic E-state index is -0.255. The van der Waals surface area contributed by atoms with Crippen LogP contribution in [0.25, 0.3) is 0 Å². The zero-order valence-electron chi connectivity index (χ0n) is 13.0. The van der Waals surface area contributed by atoms with Crippen molar-refractivity contribution in [2.45, 2.75) is 40.2 Å². The van der Waals surface area contributed by atoms with Crippen molar-refractivity contribution in [1.82, 2.24) is 20.4 Å². The lowest BCUT2D eigenvalue weighted by atomic mass is 9.75. The van der Waals surface area contributed by atoms with Crippen molar-refractivity contribution in [1.29, 1.82) is 0 Å². The molecule has 112 valence electrons. The first-order valence-corrected chi connectivity index (χ1v) is 7.50. The van der Waals surface area contributed by atoms with Crippen LogP contribution in [0.2, 0.25) is 0 Å². The van der Waals surface area contributed by atoms with Gasteiger partial charge in [0.15, 0.2) is 0 Å². The number of rotatable bonds is 5. The standard InChI is InChI=1S/C15H26N4O/c1-5-13-12(9-19(4)18-13)8-17-14(20)15(11(2)3)6-7-16-10-15/h9,11,16H,5-8,10H2,1-4H3,(H,17,20). The van der Waals surface area contributed by atoms with E-state index >= 15 is 0 Å². The van der Waals surface area contributed by atoms with Gasteiger partial charge in [0.25, 0.3) is 0 Å². The van der Waals surface area contributed by atoms with Gasteiger partial charge in [-0.1, -0.05) is 20.8 Å². The molecule has 0 bridgehead atoms. The van der Waals surface area contributed by atoms with E-state index in [-0.39, 0.29) is 11.3 Å². The number of carbonyl (C=O) groups excluding carboxylic acids is 1. The summed E-state index contributed by atoms with van der Waals surface area (Å²) in [6.45, 7) is 8.64. The van der Waals surface area contributed by atoms with E-state index in [4.69, 9.17) is 0 Å². The van der Waals surface area contributed by atoms with Gasteiger partial charge in [-0.05, 0) is 25.3 Å². The summed E-state index contributed by atoms with van der Waals surface area (Å²) in [5.74, 6) is 0.514. The van der Waals surface area contributed by atoms with Gasteiger partial charge >= 0.3 is 0 Å². The first-order valence-electron chi connectivity index (χ1n) is 7.50. The Morgan fingerprint density at radius 2 is 2.35 bits per heavy atom. The Kier molecular flexibility index (Phi) is 4.48. The fourth-order valence-corrected chi connectivity index (χ4v) is 3.04. The van der Waals surface area contributed by atoms with Crippen LogP contribution in [0.15, 0.2) is 6.20 Å². The maximum Gasteiger partial charge on any atom is 0.228 e. The molecule has 2 N–H and O–H groups in total. The zero-order chi connectivity index (χ0) is 14.8. The molecule has 0 radical (unpaired) electrons. The zero-order valence-corrected chi connectivity index (χ0v) is 13.0.